The van der Waals surface area contributed by atoms with Gasteiger partial charge >= 0.3 is 18.3 Å². The second-order valence-corrected chi connectivity index (χ2v) is 10.8. The van der Waals surface area contributed by atoms with E-state index in [9.17, 15) is 36.2 Å². The van der Waals surface area contributed by atoms with Crippen LogP contribution < -0.4 is 0 Å². The fourth-order valence-corrected chi connectivity index (χ4v) is 6.57. The van der Waals surface area contributed by atoms with Crippen molar-refractivity contribution >= 4 is 28.6 Å². The molecule has 180 valence electrons. The number of halogens is 7. The van der Waals surface area contributed by atoms with Crippen LogP contribution in [0.3, 0.4) is 0 Å². The van der Waals surface area contributed by atoms with Crippen molar-refractivity contribution in [3.63, 3.8) is 0 Å². The van der Waals surface area contributed by atoms with Crippen molar-refractivity contribution in [3.8, 4) is 0 Å². The largest absolute Gasteiger partial charge is 0.461 e. The lowest BCUT2D eigenvalue weighted by Gasteiger charge is -2.58. The van der Waals surface area contributed by atoms with Gasteiger partial charge in [-0.15, -0.1) is 0 Å². The van der Waals surface area contributed by atoms with Crippen LogP contribution >= 0.6 is 22.6 Å². The van der Waals surface area contributed by atoms with Crippen molar-refractivity contribution in [1.82, 2.24) is 0 Å². The molecule has 0 saturated heterocycles. The highest BCUT2D eigenvalue weighted by Crippen LogP contribution is 2.62. The summed E-state index contributed by atoms with van der Waals surface area (Å²) < 4.78 is 88.8. The average molecular weight is 570 g/mol. The molecule has 3 rings (SSSR count). The molecule has 0 spiro atoms. The number of carbonyl (C=O) groups is 1. The normalized spacial score (nSPS) is 35.6. The van der Waals surface area contributed by atoms with Crippen molar-refractivity contribution in [2.45, 2.75) is 92.7 Å². The van der Waals surface area contributed by atoms with Gasteiger partial charge in [-0.3, -0.25) is 4.79 Å². The molecule has 1 N–H and O–H groups in total. The molecule has 0 aliphatic heterocycles. The van der Waals surface area contributed by atoms with Gasteiger partial charge in [0.1, 0.15) is 10.0 Å². The molecule has 0 amide bonds. The SMILES string of the molecule is CCC(I)C(=O)OC1C2CCCCC2C(C(O)(C(F)(F)F)C(F)(F)F)C2CCCCC21. The molecule has 10 heteroatoms. The van der Waals surface area contributed by atoms with Gasteiger partial charge in [-0.2, -0.15) is 26.3 Å². The van der Waals surface area contributed by atoms with Crippen LogP contribution in [0.1, 0.15) is 64.7 Å². The molecule has 0 radical (unpaired) electrons. The minimum atomic E-state index is -5.83. The number of fused-ring (bicyclic) bond motifs is 2. The van der Waals surface area contributed by atoms with Gasteiger partial charge in [-0.25, -0.2) is 0 Å². The van der Waals surface area contributed by atoms with E-state index in [-0.39, 0.29) is 12.8 Å². The topological polar surface area (TPSA) is 46.5 Å². The maximum atomic E-state index is 13.9. The number of ether oxygens (including phenoxy) is 1. The number of aliphatic hydroxyl groups is 1. The van der Waals surface area contributed by atoms with Gasteiger partial charge in [0.2, 0.25) is 0 Å². The Balaban J connectivity index is 2.07. The molecule has 5 atom stereocenters. The van der Waals surface area contributed by atoms with E-state index in [4.69, 9.17) is 4.74 Å². The highest BCUT2D eigenvalue weighted by atomic mass is 127. The van der Waals surface area contributed by atoms with Crippen molar-refractivity contribution in [3.05, 3.63) is 0 Å². The summed E-state index contributed by atoms with van der Waals surface area (Å²) in [6.07, 6.45) is -8.33. The predicted octanol–water partition coefficient (Wildman–Crippen LogP) is 6.21. The lowest BCUT2D eigenvalue weighted by atomic mass is 9.50. The van der Waals surface area contributed by atoms with Crippen molar-refractivity contribution in [2.75, 3.05) is 0 Å². The van der Waals surface area contributed by atoms with Crippen molar-refractivity contribution in [1.29, 1.82) is 0 Å². The van der Waals surface area contributed by atoms with Crippen LogP contribution in [0.25, 0.3) is 0 Å². The maximum absolute atomic E-state index is 13.9. The summed E-state index contributed by atoms with van der Waals surface area (Å²) in [7, 11) is 0. The first-order valence-corrected chi connectivity index (χ1v) is 12.3. The standard InChI is InChI=1S/C21H29F6IO3/c1-2-15(28)18(29)31-17-13-9-5-3-7-11(13)16(12-8-4-6-10-14(12)17)19(30,20(22,23)24)21(25,26)27/h11-17,30H,2-10H2,1H3. The third kappa shape index (κ3) is 4.45. The van der Waals surface area contributed by atoms with E-state index in [1.54, 1.807) is 0 Å². The van der Waals surface area contributed by atoms with E-state index < -0.39 is 63.5 Å². The number of alkyl halides is 7. The maximum Gasteiger partial charge on any atom is 0.426 e. The first-order valence-electron chi connectivity index (χ1n) is 11.0. The van der Waals surface area contributed by atoms with Crippen LogP contribution in [-0.2, 0) is 9.53 Å². The van der Waals surface area contributed by atoms with Crippen LogP contribution in [0.15, 0.2) is 0 Å². The third-order valence-electron chi connectivity index (χ3n) is 7.73. The molecule has 0 aromatic carbocycles. The Kier molecular flexibility index (Phi) is 7.51. The lowest BCUT2D eigenvalue weighted by Crippen LogP contribution is -2.69. The monoisotopic (exact) mass is 570 g/mol. The molecule has 3 fully saturated rings. The summed E-state index contributed by atoms with van der Waals surface area (Å²) in [5.41, 5.74) is -4.76. The van der Waals surface area contributed by atoms with Gasteiger partial charge in [-0.1, -0.05) is 55.2 Å². The van der Waals surface area contributed by atoms with Crippen LogP contribution in [0.2, 0.25) is 0 Å². The van der Waals surface area contributed by atoms with E-state index >= 15 is 0 Å². The van der Waals surface area contributed by atoms with E-state index in [1.165, 1.54) is 0 Å². The Morgan fingerprint density at radius 3 is 1.65 bits per heavy atom. The molecule has 3 saturated carbocycles. The Bertz CT molecular complexity index is 614. The average Bonchev–Trinajstić information content (AvgIpc) is 2.70. The molecule has 31 heavy (non-hydrogen) atoms. The summed E-state index contributed by atoms with van der Waals surface area (Å²) in [5.74, 6) is -5.61. The van der Waals surface area contributed by atoms with E-state index in [2.05, 4.69) is 0 Å². The third-order valence-corrected chi connectivity index (χ3v) is 9.12. The number of hydrogen-bond acceptors (Lipinski definition) is 3. The van der Waals surface area contributed by atoms with Crippen LogP contribution in [0.4, 0.5) is 26.3 Å². The fraction of sp³-hybridized carbons (Fsp3) is 0.952. The zero-order chi connectivity index (χ0) is 23.2. The Morgan fingerprint density at radius 2 is 1.29 bits per heavy atom. The lowest BCUT2D eigenvalue weighted by molar-refractivity contribution is -0.403. The first kappa shape index (κ1) is 25.4. The van der Waals surface area contributed by atoms with E-state index in [0.717, 1.165) is 0 Å². The van der Waals surface area contributed by atoms with E-state index in [1.807, 2.05) is 29.5 Å². The number of rotatable bonds is 4. The van der Waals surface area contributed by atoms with Gasteiger partial charge in [0.15, 0.2) is 0 Å². The molecular weight excluding hydrogens is 541 g/mol. The number of esters is 1. The quantitative estimate of drug-likeness (QED) is 0.189. The zero-order valence-electron chi connectivity index (χ0n) is 17.3. The fourth-order valence-electron chi connectivity index (χ4n) is 6.43. The summed E-state index contributed by atoms with van der Waals surface area (Å²) in [6.45, 7) is 1.81. The van der Waals surface area contributed by atoms with Gasteiger partial charge in [0, 0.05) is 5.92 Å². The van der Waals surface area contributed by atoms with Crippen LogP contribution in [0, 0.1) is 29.6 Å². The van der Waals surface area contributed by atoms with Crippen LogP contribution in [-0.4, -0.2) is 39.1 Å². The highest BCUT2D eigenvalue weighted by Gasteiger charge is 2.77. The number of hydrogen-bond donors (Lipinski definition) is 1. The molecule has 3 aliphatic rings. The minimum absolute atomic E-state index is 0.169. The molecule has 0 aromatic heterocycles. The first-order chi connectivity index (χ1) is 14.3. The highest BCUT2D eigenvalue weighted by molar-refractivity contribution is 14.1. The van der Waals surface area contributed by atoms with E-state index in [0.29, 0.717) is 44.9 Å². The molecular formula is C21H29F6IO3. The molecule has 3 aliphatic carbocycles. The minimum Gasteiger partial charge on any atom is -0.461 e. The molecule has 5 unspecified atom stereocenters. The molecule has 0 aromatic rings. The second-order valence-electron chi connectivity index (χ2n) is 9.29. The van der Waals surface area contributed by atoms with Gasteiger partial charge in [-0.05, 0) is 55.8 Å². The summed E-state index contributed by atoms with van der Waals surface area (Å²) in [6, 6.07) is 0. The van der Waals surface area contributed by atoms with Crippen molar-refractivity contribution in [2.24, 2.45) is 29.6 Å². The predicted molar refractivity (Wildman–Crippen MR) is 109 cm³/mol. The molecule has 3 nitrogen and oxygen atoms in total. The Hall–Kier alpha value is -0.260. The second kappa shape index (κ2) is 9.18. The smallest absolute Gasteiger partial charge is 0.426 e. The molecule has 0 heterocycles. The Labute approximate surface area is 191 Å². The van der Waals surface area contributed by atoms with Gasteiger partial charge in [0.05, 0.1) is 0 Å². The number of carbonyl (C=O) groups excluding carboxylic acids is 1. The summed E-state index contributed by atoms with van der Waals surface area (Å²) >= 11 is 1.95. The molecule has 0 bridgehead atoms. The van der Waals surface area contributed by atoms with Crippen LogP contribution in [0.5, 0.6) is 0 Å². The van der Waals surface area contributed by atoms with Gasteiger partial charge in [0.25, 0.3) is 5.60 Å². The van der Waals surface area contributed by atoms with Gasteiger partial charge < -0.3 is 9.84 Å². The van der Waals surface area contributed by atoms with Crippen molar-refractivity contribution < 1.29 is 41.0 Å². The zero-order valence-corrected chi connectivity index (χ0v) is 19.5. The Morgan fingerprint density at radius 1 is 0.903 bits per heavy atom. The summed E-state index contributed by atoms with van der Waals surface area (Å²) in [4.78, 5) is 12.5. The summed E-state index contributed by atoms with van der Waals surface area (Å²) in [5, 5.41) is 10.4.